The average molecular weight is 232 g/mol. The minimum Gasteiger partial charge on any atom is -0.314 e. The van der Waals surface area contributed by atoms with Crippen molar-refractivity contribution in [3.63, 3.8) is 0 Å². The maximum Gasteiger partial charge on any atom is 0.0240 e. The second-order valence-electron chi connectivity index (χ2n) is 5.52. The lowest BCUT2D eigenvalue weighted by molar-refractivity contribution is 0.109. The molecule has 2 heteroatoms. The minimum atomic E-state index is 0.625. The van der Waals surface area contributed by atoms with Crippen LogP contribution in [0.15, 0.2) is 18.2 Å². The van der Waals surface area contributed by atoms with Gasteiger partial charge in [-0.25, -0.2) is 0 Å². The fourth-order valence-electron chi connectivity index (χ4n) is 2.85. The van der Waals surface area contributed by atoms with Gasteiger partial charge in [-0.2, -0.15) is 0 Å². The number of aryl methyl sites for hydroxylation is 2. The highest BCUT2D eigenvalue weighted by Crippen LogP contribution is 2.17. The van der Waals surface area contributed by atoms with Crippen molar-refractivity contribution >= 4 is 0 Å². The normalized spacial score (nSPS) is 26.1. The summed E-state index contributed by atoms with van der Waals surface area (Å²) in [7, 11) is 0. The van der Waals surface area contributed by atoms with Crippen molar-refractivity contribution in [2.45, 2.75) is 46.3 Å². The van der Waals surface area contributed by atoms with Gasteiger partial charge in [0.1, 0.15) is 0 Å². The zero-order valence-corrected chi connectivity index (χ0v) is 11.5. The lowest BCUT2D eigenvalue weighted by Gasteiger charge is -2.39. The van der Waals surface area contributed by atoms with Gasteiger partial charge in [-0.1, -0.05) is 29.3 Å². The van der Waals surface area contributed by atoms with Crippen LogP contribution in [0.5, 0.6) is 0 Å². The van der Waals surface area contributed by atoms with Crippen molar-refractivity contribution < 1.29 is 0 Å². The average Bonchev–Trinajstić information content (AvgIpc) is 2.22. The third-order valence-corrected chi connectivity index (χ3v) is 3.66. The van der Waals surface area contributed by atoms with Crippen molar-refractivity contribution in [3.8, 4) is 0 Å². The second-order valence-corrected chi connectivity index (χ2v) is 5.52. The summed E-state index contributed by atoms with van der Waals surface area (Å²) in [6.45, 7) is 12.3. The molecule has 1 aromatic rings. The van der Waals surface area contributed by atoms with Gasteiger partial charge in [0, 0.05) is 31.7 Å². The Morgan fingerprint density at radius 2 is 1.59 bits per heavy atom. The van der Waals surface area contributed by atoms with Crippen LogP contribution in [0.1, 0.15) is 30.5 Å². The standard InChI is InChI=1S/C15H24N2/c1-11-5-12(2)7-15(6-11)10-17-13(3)8-16-9-14(17)4/h5-7,13-14,16H,8-10H2,1-4H3. The summed E-state index contributed by atoms with van der Waals surface area (Å²) in [5.41, 5.74) is 4.19. The van der Waals surface area contributed by atoms with Crippen LogP contribution < -0.4 is 5.32 Å². The van der Waals surface area contributed by atoms with E-state index in [0.717, 1.165) is 19.6 Å². The van der Waals surface area contributed by atoms with Crippen molar-refractivity contribution in [2.24, 2.45) is 0 Å². The summed E-state index contributed by atoms with van der Waals surface area (Å²) in [4.78, 5) is 2.60. The van der Waals surface area contributed by atoms with Crippen LogP contribution in [0.4, 0.5) is 0 Å². The maximum absolute atomic E-state index is 3.48. The van der Waals surface area contributed by atoms with Crippen molar-refractivity contribution in [1.29, 1.82) is 0 Å². The SMILES string of the molecule is Cc1cc(C)cc(CN2C(C)CNCC2C)c1. The molecule has 1 saturated heterocycles. The first kappa shape index (κ1) is 12.6. The second kappa shape index (κ2) is 5.19. The van der Waals surface area contributed by atoms with Gasteiger partial charge in [0.05, 0.1) is 0 Å². The van der Waals surface area contributed by atoms with Crippen molar-refractivity contribution in [1.82, 2.24) is 10.2 Å². The molecule has 1 aromatic carbocycles. The van der Waals surface area contributed by atoms with Gasteiger partial charge in [-0.3, -0.25) is 4.90 Å². The number of hydrogen-bond donors (Lipinski definition) is 1. The molecule has 2 atom stereocenters. The molecule has 0 spiro atoms. The van der Waals surface area contributed by atoms with Gasteiger partial charge in [0.2, 0.25) is 0 Å². The summed E-state index contributed by atoms with van der Waals surface area (Å²) in [5.74, 6) is 0. The predicted molar refractivity (Wildman–Crippen MR) is 73.3 cm³/mol. The highest BCUT2D eigenvalue weighted by molar-refractivity contribution is 5.28. The van der Waals surface area contributed by atoms with E-state index in [1.807, 2.05) is 0 Å². The molecule has 17 heavy (non-hydrogen) atoms. The van der Waals surface area contributed by atoms with Gasteiger partial charge in [0.25, 0.3) is 0 Å². The van der Waals surface area contributed by atoms with E-state index < -0.39 is 0 Å². The van der Waals surface area contributed by atoms with Gasteiger partial charge in [-0.05, 0) is 33.3 Å². The van der Waals surface area contributed by atoms with E-state index in [1.165, 1.54) is 16.7 Å². The van der Waals surface area contributed by atoms with Gasteiger partial charge >= 0.3 is 0 Å². The Bertz CT molecular complexity index is 356. The number of hydrogen-bond acceptors (Lipinski definition) is 2. The molecule has 2 nitrogen and oxygen atoms in total. The van der Waals surface area contributed by atoms with Crippen LogP contribution in [0.25, 0.3) is 0 Å². The number of nitrogens with one attached hydrogen (secondary N) is 1. The maximum atomic E-state index is 3.48. The first-order valence-electron chi connectivity index (χ1n) is 6.60. The molecule has 1 fully saturated rings. The topological polar surface area (TPSA) is 15.3 Å². The monoisotopic (exact) mass is 232 g/mol. The molecule has 2 unspecified atom stereocenters. The van der Waals surface area contributed by atoms with Crippen LogP contribution in [0.3, 0.4) is 0 Å². The van der Waals surface area contributed by atoms with Crippen LogP contribution in [0.2, 0.25) is 0 Å². The zero-order valence-electron chi connectivity index (χ0n) is 11.5. The molecular formula is C15H24N2. The fourth-order valence-corrected chi connectivity index (χ4v) is 2.85. The molecule has 0 saturated carbocycles. The van der Waals surface area contributed by atoms with Gasteiger partial charge in [0.15, 0.2) is 0 Å². The molecule has 1 heterocycles. The molecular weight excluding hydrogens is 208 g/mol. The lowest BCUT2D eigenvalue weighted by atomic mass is 10.0. The molecule has 0 aliphatic carbocycles. The Morgan fingerprint density at radius 3 is 2.12 bits per heavy atom. The molecule has 1 aliphatic heterocycles. The largest absolute Gasteiger partial charge is 0.314 e. The Balaban J connectivity index is 2.13. The van der Waals surface area contributed by atoms with Crippen LogP contribution >= 0.6 is 0 Å². The minimum absolute atomic E-state index is 0.625. The zero-order chi connectivity index (χ0) is 12.4. The number of benzene rings is 1. The van der Waals surface area contributed by atoms with E-state index in [1.54, 1.807) is 0 Å². The predicted octanol–water partition coefficient (Wildman–Crippen LogP) is 2.49. The summed E-state index contributed by atoms with van der Waals surface area (Å²) < 4.78 is 0. The van der Waals surface area contributed by atoms with E-state index in [4.69, 9.17) is 0 Å². The van der Waals surface area contributed by atoms with Crippen molar-refractivity contribution in [2.75, 3.05) is 13.1 Å². The van der Waals surface area contributed by atoms with Crippen molar-refractivity contribution in [3.05, 3.63) is 34.9 Å². The van der Waals surface area contributed by atoms with E-state index in [2.05, 4.69) is 56.1 Å². The quantitative estimate of drug-likeness (QED) is 0.843. The van der Waals surface area contributed by atoms with Crippen LogP contribution in [-0.2, 0) is 6.54 Å². The molecule has 2 rings (SSSR count). The Kier molecular flexibility index (Phi) is 3.85. The molecule has 1 aliphatic rings. The molecule has 0 radical (unpaired) electrons. The molecule has 0 amide bonds. The number of nitrogens with zero attached hydrogens (tertiary/aromatic N) is 1. The molecule has 94 valence electrons. The summed E-state index contributed by atoms with van der Waals surface area (Å²) in [5, 5.41) is 3.48. The highest BCUT2D eigenvalue weighted by Gasteiger charge is 2.24. The first-order chi connectivity index (χ1) is 8.06. The fraction of sp³-hybridized carbons (Fsp3) is 0.600. The lowest BCUT2D eigenvalue weighted by Crippen LogP contribution is -2.54. The first-order valence-corrected chi connectivity index (χ1v) is 6.60. The van der Waals surface area contributed by atoms with E-state index in [-0.39, 0.29) is 0 Å². The smallest absolute Gasteiger partial charge is 0.0240 e. The third kappa shape index (κ3) is 3.08. The number of piperazine rings is 1. The Hall–Kier alpha value is -0.860. The van der Waals surface area contributed by atoms with Gasteiger partial charge in [-0.15, -0.1) is 0 Å². The summed E-state index contributed by atoms with van der Waals surface area (Å²) >= 11 is 0. The third-order valence-electron chi connectivity index (χ3n) is 3.66. The summed E-state index contributed by atoms with van der Waals surface area (Å²) in [6.07, 6.45) is 0. The van der Waals surface area contributed by atoms with Crippen LogP contribution in [-0.4, -0.2) is 30.1 Å². The summed E-state index contributed by atoms with van der Waals surface area (Å²) in [6, 6.07) is 8.12. The van der Waals surface area contributed by atoms with Crippen LogP contribution in [0, 0.1) is 13.8 Å². The number of rotatable bonds is 2. The molecule has 0 aromatic heterocycles. The molecule has 1 N–H and O–H groups in total. The van der Waals surface area contributed by atoms with E-state index >= 15 is 0 Å². The van der Waals surface area contributed by atoms with E-state index in [0.29, 0.717) is 12.1 Å². The van der Waals surface area contributed by atoms with E-state index in [9.17, 15) is 0 Å². The Labute approximate surface area is 105 Å². The Morgan fingerprint density at radius 1 is 1.06 bits per heavy atom. The molecule has 0 bridgehead atoms. The van der Waals surface area contributed by atoms with Gasteiger partial charge < -0.3 is 5.32 Å². The highest BCUT2D eigenvalue weighted by atomic mass is 15.2.